The Morgan fingerprint density at radius 2 is 1.78 bits per heavy atom. The molecule has 2 aliphatic rings. The normalized spacial score (nSPS) is 19.6. The number of carbonyl (C=O) groups excluding carboxylic acids is 5. The van der Waals surface area contributed by atoms with E-state index in [9.17, 15) is 24.0 Å². The number of ether oxygens (including phenoxy) is 1. The van der Waals surface area contributed by atoms with Gasteiger partial charge in [0, 0.05) is 19.9 Å². The summed E-state index contributed by atoms with van der Waals surface area (Å²) in [5.74, 6) is -2.02. The Hall–Kier alpha value is -5.31. The number of aliphatic imine (C=N–C) groups is 1. The van der Waals surface area contributed by atoms with Gasteiger partial charge in [0.05, 0.1) is 16.3 Å². The molecule has 0 spiro atoms. The highest BCUT2D eigenvalue weighted by molar-refractivity contribution is 7.20. The minimum absolute atomic E-state index is 0.00716. The van der Waals surface area contributed by atoms with Crippen LogP contribution in [0.15, 0.2) is 65.7 Å². The molecule has 272 valence electrons. The van der Waals surface area contributed by atoms with Crippen molar-refractivity contribution in [2.75, 3.05) is 13.2 Å². The third-order valence-corrected chi connectivity index (χ3v) is 9.05. The van der Waals surface area contributed by atoms with Crippen molar-refractivity contribution in [2.24, 2.45) is 22.4 Å². The van der Waals surface area contributed by atoms with Gasteiger partial charge < -0.3 is 37.5 Å². The number of nitrogens with two attached hydrogens (primary N) is 2. The summed E-state index contributed by atoms with van der Waals surface area (Å²) in [7, 11) is 0. The van der Waals surface area contributed by atoms with Gasteiger partial charge >= 0.3 is 0 Å². The molecule has 14 nitrogen and oxygen atoms in total. The number of nitrogens with zero attached hydrogens (tertiary/aromatic N) is 2. The van der Waals surface area contributed by atoms with Gasteiger partial charge in [0.15, 0.2) is 11.0 Å². The van der Waals surface area contributed by atoms with Crippen LogP contribution in [0.2, 0.25) is 0 Å². The number of thiazole rings is 1. The lowest BCUT2D eigenvalue weighted by Gasteiger charge is -2.27. The lowest BCUT2D eigenvalue weighted by Crippen LogP contribution is -2.58. The molecule has 4 amide bonds. The number of carbonyl (C=O) groups is 5. The third-order valence-electron chi connectivity index (χ3n) is 8.00. The van der Waals surface area contributed by atoms with Crippen LogP contribution in [0.1, 0.15) is 61.8 Å². The van der Waals surface area contributed by atoms with Crippen LogP contribution in [0.4, 0.5) is 0 Å². The van der Waals surface area contributed by atoms with Gasteiger partial charge in [-0.25, -0.2) is 4.98 Å². The molecule has 0 fully saturated rings. The molecular weight excluding hydrogens is 673 g/mol. The number of hydrogen-bond donors (Lipinski definition) is 6. The number of nitrogens with one attached hydrogen (secondary N) is 4. The standard InChI is InChI=1S/C36H46N8O6S/c1-21(2)19-28-33(48)42-27(10-6-7-18-50-24-15-13-23(14-16-24)20-29(34(49)43-28)40-22(3)45)32(47)41-26(11-8-17-39-36(37)38)31(46)35-44-25-9-4-5-12-30(25)51-35/h4-7,9,12-16,21,26-29H,8,10-11,17-20H2,1-3H3,(H,40,45)(H,41,47)(H,42,48)(H,43,49)(H4,37,38,39)/b7-6+/t26-,27-,28-,29-/m0/s1. The highest BCUT2D eigenvalue weighted by atomic mass is 32.1. The average molecular weight is 719 g/mol. The maximum Gasteiger partial charge on any atom is 0.243 e. The lowest BCUT2D eigenvalue weighted by atomic mass is 10.00. The maximum atomic E-state index is 14.0. The van der Waals surface area contributed by atoms with Gasteiger partial charge in [0.25, 0.3) is 0 Å². The Balaban J connectivity index is 1.62. The number of hydrogen-bond acceptors (Lipinski definition) is 9. The summed E-state index contributed by atoms with van der Waals surface area (Å²) in [6.45, 7) is 5.56. The molecule has 0 aliphatic carbocycles. The van der Waals surface area contributed by atoms with Gasteiger partial charge in [0.2, 0.25) is 29.4 Å². The SMILES string of the molecule is CC(=O)N[C@H]1Cc2ccc(cc2)OC/C=C/C[C@@H](C(=O)N[C@@H](CCCN=C(N)N)C(=O)c2nc3ccccc3s2)NC(=O)[C@H](CC(C)C)NC1=O. The van der Waals surface area contributed by atoms with Crippen molar-refractivity contribution in [3.05, 3.63) is 71.3 Å². The second-order valence-electron chi connectivity index (χ2n) is 12.7. The average Bonchev–Trinajstić information content (AvgIpc) is 3.52. The zero-order valence-corrected chi connectivity index (χ0v) is 29.8. The fourth-order valence-electron chi connectivity index (χ4n) is 5.51. The topological polar surface area (TPSA) is 220 Å². The van der Waals surface area contributed by atoms with Gasteiger partial charge in [-0.05, 0) is 61.4 Å². The second-order valence-corrected chi connectivity index (χ2v) is 13.8. The Morgan fingerprint density at radius 3 is 2.47 bits per heavy atom. The van der Waals surface area contributed by atoms with Crippen molar-refractivity contribution in [1.29, 1.82) is 0 Å². The summed E-state index contributed by atoms with van der Waals surface area (Å²) < 4.78 is 6.64. The van der Waals surface area contributed by atoms with Gasteiger partial charge in [0.1, 0.15) is 30.5 Å². The van der Waals surface area contributed by atoms with E-state index < -0.39 is 47.8 Å². The molecule has 0 saturated heterocycles. The van der Waals surface area contributed by atoms with Crippen molar-refractivity contribution in [3.63, 3.8) is 0 Å². The number of aromatic nitrogens is 1. The van der Waals surface area contributed by atoms with E-state index in [1.807, 2.05) is 32.0 Å². The summed E-state index contributed by atoms with van der Waals surface area (Å²) in [5, 5.41) is 11.4. The molecule has 3 heterocycles. The van der Waals surface area contributed by atoms with Gasteiger partial charge in [-0.1, -0.05) is 50.3 Å². The molecule has 4 atom stereocenters. The predicted molar refractivity (Wildman–Crippen MR) is 196 cm³/mol. The fourth-order valence-corrected chi connectivity index (χ4v) is 6.47. The molecular formula is C36H46N8O6S. The molecule has 3 aromatic rings. The van der Waals surface area contributed by atoms with Crippen LogP contribution in [0.5, 0.6) is 5.75 Å². The fraction of sp³-hybridized carbons (Fsp3) is 0.417. The quantitative estimate of drug-likeness (QED) is 0.0561. The molecule has 2 bridgehead atoms. The monoisotopic (exact) mass is 718 g/mol. The number of para-hydroxylation sites is 1. The zero-order valence-electron chi connectivity index (χ0n) is 29.0. The number of ketones is 1. The summed E-state index contributed by atoms with van der Waals surface area (Å²) in [6, 6.07) is 10.4. The van der Waals surface area contributed by atoms with Crippen LogP contribution >= 0.6 is 11.3 Å². The summed E-state index contributed by atoms with van der Waals surface area (Å²) in [6.07, 6.45) is 4.54. The van der Waals surface area contributed by atoms with Crippen LogP contribution in [-0.2, 0) is 25.6 Å². The molecule has 0 unspecified atom stereocenters. The largest absolute Gasteiger partial charge is 0.490 e. The van der Waals surface area contributed by atoms with Crippen molar-refractivity contribution in [3.8, 4) is 5.75 Å². The first-order valence-corrected chi connectivity index (χ1v) is 17.7. The number of fused-ring (bicyclic) bond motifs is 14. The molecule has 2 aromatic carbocycles. The third kappa shape index (κ3) is 11.9. The number of benzene rings is 2. The van der Waals surface area contributed by atoms with Crippen molar-refractivity contribution in [2.45, 2.75) is 77.0 Å². The highest BCUT2D eigenvalue weighted by Gasteiger charge is 2.32. The van der Waals surface area contributed by atoms with E-state index in [-0.39, 0.29) is 61.5 Å². The first kappa shape index (κ1) is 38.5. The Labute approximate surface area is 300 Å². The number of amides is 4. The molecule has 5 rings (SSSR count). The molecule has 2 aliphatic heterocycles. The summed E-state index contributed by atoms with van der Waals surface area (Å²) in [5.41, 5.74) is 12.4. The van der Waals surface area contributed by atoms with E-state index >= 15 is 0 Å². The van der Waals surface area contributed by atoms with Gasteiger partial charge in [-0.3, -0.25) is 29.0 Å². The van der Waals surface area contributed by atoms with E-state index in [1.54, 1.807) is 42.5 Å². The second kappa shape index (κ2) is 18.6. The Morgan fingerprint density at radius 1 is 1.04 bits per heavy atom. The minimum Gasteiger partial charge on any atom is -0.490 e. The smallest absolute Gasteiger partial charge is 0.243 e. The first-order chi connectivity index (χ1) is 24.4. The van der Waals surface area contributed by atoms with Gasteiger partial charge in [-0.15, -0.1) is 11.3 Å². The summed E-state index contributed by atoms with van der Waals surface area (Å²) in [4.78, 5) is 75.7. The lowest BCUT2D eigenvalue weighted by molar-refractivity contribution is -0.133. The van der Waals surface area contributed by atoms with Crippen LogP contribution in [0.3, 0.4) is 0 Å². The van der Waals surface area contributed by atoms with E-state index in [0.29, 0.717) is 17.7 Å². The predicted octanol–water partition coefficient (Wildman–Crippen LogP) is 2.12. The Kier molecular flexibility index (Phi) is 14.1. The zero-order chi connectivity index (χ0) is 36.9. The molecule has 0 saturated carbocycles. The van der Waals surface area contributed by atoms with Crippen LogP contribution in [0, 0.1) is 5.92 Å². The molecule has 0 radical (unpaired) electrons. The minimum atomic E-state index is -1.12. The summed E-state index contributed by atoms with van der Waals surface area (Å²) >= 11 is 1.23. The number of Topliss-reactive ketones (excluding diaryl/α,β-unsaturated/α-hetero) is 1. The van der Waals surface area contributed by atoms with E-state index in [4.69, 9.17) is 16.2 Å². The number of guanidine groups is 1. The number of rotatable bonds is 11. The van der Waals surface area contributed by atoms with Crippen molar-refractivity contribution >= 4 is 56.9 Å². The molecule has 15 heteroatoms. The van der Waals surface area contributed by atoms with Crippen LogP contribution < -0.4 is 37.5 Å². The Bertz CT molecular complexity index is 1720. The van der Waals surface area contributed by atoms with E-state index in [2.05, 4.69) is 31.2 Å². The maximum absolute atomic E-state index is 14.0. The highest BCUT2D eigenvalue weighted by Crippen LogP contribution is 2.23. The van der Waals surface area contributed by atoms with Crippen molar-refractivity contribution in [1.82, 2.24) is 26.3 Å². The first-order valence-electron chi connectivity index (χ1n) is 16.9. The molecule has 8 N–H and O–H groups in total. The molecule has 51 heavy (non-hydrogen) atoms. The van der Waals surface area contributed by atoms with E-state index in [1.165, 1.54) is 18.3 Å². The van der Waals surface area contributed by atoms with Gasteiger partial charge in [-0.2, -0.15) is 0 Å². The molecule has 1 aromatic heterocycles. The van der Waals surface area contributed by atoms with Crippen molar-refractivity contribution < 1.29 is 28.7 Å². The van der Waals surface area contributed by atoms with E-state index in [0.717, 1.165) is 10.3 Å². The van der Waals surface area contributed by atoms with Crippen LogP contribution in [-0.4, -0.2) is 77.7 Å². The van der Waals surface area contributed by atoms with Crippen LogP contribution in [0.25, 0.3) is 10.2 Å².